The molecule has 0 fully saturated rings. The largest absolute Gasteiger partial charge is 0.478 e. The lowest BCUT2D eigenvalue weighted by Gasteiger charge is -2.06. The van der Waals surface area contributed by atoms with Crippen molar-refractivity contribution in [1.29, 1.82) is 0 Å². The molecule has 0 bridgehead atoms. The summed E-state index contributed by atoms with van der Waals surface area (Å²) in [5, 5.41) is 12.0. The molecule has 0 saturated carbocycles. The molecule has 0 radical (unpaired) electrons. The number of hydrogen-bond donors (Lipinski definition) is 2. The second kappa shape index (κ2) is 5.54. The third-order valence-corrected chi connectivity index (χ3v) is 2.73. The quantitative estimate of drug-likeness (QED) is 0.903. The molecule has 19 heavy (non-hydrogen) atoms. The molecule has 5 heteroatoms. The predicted molar refractivity (Wildman–Crippen MR) is 72.8 cm³/mol. The monoisotopic (exact) mass is 275 g/mol. The van der Waals surface area contributed by atoms with Crippen LogP contribution in [0.15, 0.2) is 48.5 Å². The highest BCUT2D eigenvalue weighted by atomic mass is 35.5. The Morgan fingerprint density at radius 1 is 1.00 bits per heavy atom. The van der Waals surface area contributed by atoms with Gasteiger partial charge in [0.15, 0.2) is 0 Å². The van der Waals surface area contributed by atoms with Crippen molar-refractivity contribution in [2.75, 3.05) is 5.32 Å². The van der Waals surface area contributed by atoms with Crippen molar-refractivity contribution >= 4 is 29.2 Å². The molecule has 1 amide bonds. The summed E-state index contributed by atoms with van der Waals surface area (Å²) < 4.78 is 0. The van der Waals surface area contributed by atoms with Crippen molar-refractivity contribution in [3.63, 3.8) is 0 Å². The Morgan fingerprint density at radius 3 is 2.32 bits per heavy atom. The highest BCUT2D eigenvalue weighted by Gasteiger charge is 2.08. The van der Waals surface area contributed by atoms with Crippen LogP contribution >= 0.6 is 11.6 Å². The maximum absolute atomic E-state index is 11.9. The molecule has 0 saturated heterocycles. The van der Waals surface area contributed by atoms with E-state index in [-0.39, 0.29) is 11.5 Å². The number of aromatic carboxylic acids is 1. The van der Waals surface area contributed by atoms with Gasteiger partial charge in [-0.25, -0.2) is 4.79 Å². The second-order valence-corrected chi connectivity index (χ2v) is 4.28. The third kappa shape index (κ3) is 3.33. The van der Waals surface area contributed by atoms with Crippen LogP contribution < -0.4 is 5.32 Å². The van der Waals surface area contributed by atoms with Crippen molar-refractivity contribution in [1.82, 2.24) is 0 Å². The standard InChI is InChI=1S/C14H10ClNO3/c15-11-6-4-9(5-7-11)13(17)16-12-3-1-2-10(8-12)14(18)19/h1-8H,(H,16,17)(H,18,19). The zero-order valence-corrected chi connectivity index (χ0v) is 10.5. The first kappa shape index (κ1) is 13.1. The topological polar surface area (TPSA) is 66.4 Å². The number of carboxylic acid groups (broad SMARTS) is 1. The summed E-state index contributed by atoms with van der Waals surface area (Å²) in [4.78, 5) is 22.7. The number of amides is 1. The smallest absolute Gasteiger partial charge is 0.335 e. The molecule has 0 aliphatic rings. The first-order valence-corrected chi connectivity index (χ1v) is 5.84. The summed E-state index contributed by atoms with van der Waals surface area (Å²) in [5.41, 5.74) is 0.999. The van der Waals surface area contributed by atoms with Crippen molar-refractivity contribution in [2.45, 2.75) is 0 Å². The Balaban J connectivity index is 2.17. The molecule has 96 valence electrons. The van der Waals surface area contributed by atoms with E-state index in [0.29, 0.717) is 16.3 Å². The molecule has 0 spiro atoms. The van der Waals surface area contributed by atoms with Crippen LogP contribution in [0.25, 0.3) is 0 Å². The van der Waals surface area contributed by atoms with Crippen molar-refractivity contribution < 1.29 is 14.7 Å². The van der Waals surface area contributed by atoms with Crippen LogP contribution in [-0.4, -0.2) is 17.0 Å². The van der Waals surface area contributed by atoms with Crippen LogP contribution in [0.1, 0.15) is 20.7 Å². The van der Waals surface area contributed by atoms with Gasteiger partial charge in [-0.3, -0.25) is 4.79 Å². The summed E-state index contributed by atoms with van der Waals surface area (Å²) >= 11 is 5.74. The lowest BCUT2D eigenvalue weighted by atomic mass is 10.2. The van der Waals surface area contributed by atoms with Gasteiger partial charge in [0.05, 0.1) is 5.56 Å². The molecule has 2 aromatic rings. The highest BCUT2D eigenvalue weighted by Crippen LogP contribution is 2.14. The van der Waals surface area contributed by atoms with Gasteiger partial charge in [-0.2, -0.15) is 0 Å². The van der Waals surface area contributed by atoms with Gasteiger partial charge in [-0.15, -0.1) is 0 Å². The summed E-state index contributed by atoms with van der Waals surface area (Å²) in [6.45, 7) is 0. The Kier molecular flexibility index (Phi) is 3.82. The van der Waals surface area contributed by atoms with Crippen molar-refractivity contribution in [2.24, 2.45) is 0 Å². The number of nitrogens with one attached hydrogen (secondary N) is 1. The molecule has 2 rings (SSSR count). The molecule has 2 N–H and O–H groups in total. The Bertz CT molecular complexity index is 623. The van der Waals surface area contributed by atoms with Gasteiger partial charge < -0.3 is 10.4 Å². The number of carbonyl (C=O) groups is 2. The molecule has 0 unspecified atom stereocenters. The van der Waals surface area contributed by atoms with Gasteiger partial charge >= 0.3 is 5.97 Å². The normalized spacial score (nSPS) is 9.95. The molecule has 0 heterocycles. The van der Waals surface area contributed by atoms with Gasteiger partial charge in [-0.1, -0.05) is 17.7 Å². The van der Waals surface area contributed by atoms with Gasteiger partial charge in [0, 0.05) is 16.3 Å². The summed E-state index contributed by atoms with van der Waals surface area (Å²) in [7, 11) is 0. The molecule has 2 aromatic carbocycles. The number of rotatable bonds is 3. The first-order chi connectivity index (χ1) is 9.06. The fourth-order valence-corrected chi connectivity index (χ4v) is 1.66. The van der Waals surface area contributed by atoms with Crippen molar-refractivity contribution in [3.8, 4) is 0 Å². The van der Waals surface area contributed by atoms with E-state index in [0.717, 1.165) is 0 Å². The van der Waals surface area contributed by atoms with Crippen LogP contribution in [-0.2, 0) is 0 Å². The zero-order valence-electron chi connectivity index (χ0n) is 9.76. The minimum absolute atomic E-state index is 0.119. The number of halogens is 1. The molecule has 0 aliphatic heterocycles. The molecule has 0 aromatic heterocycles. The molecular weight excluding hydrogens is 266 g/mol. The van der Waals surface area contributed by atoms with Crippen LogP contribution in [0.4, 0.5) is 5.69 Å². The van der Waals surface area contributed by atoms with E-state index >= 15 is 0 Å². The van der Waals surface area contributed by atoms with E-state index < -0.39 is 5.97 Å². The predicted octanol–water partition coefficient (Wildman–Crippen LogP) is 3.29. The first-order valence-electron chi connectivity index (χ1n) is 5.46. The molecule has 4 nitrogen and oxygen atoms in total. The Labute approximate surface area is 114 Å². The van der Waals surface area contributed by atoms with Crippen LogP contribution in [0.5, 0.6) is 0 Å². The summed E-state index contributed by atoms with van der Waals surface area (Å²) in [6, 6.07) is 12.5. The van der Waals surface area contributed by atoms with E-state index in [1.807, 2.05) is 0 Å². The van der Waals surface area contributed by atoms with Crippen molar-refractivity contribution in [3.05, 3.63) is 64.7 Å². The van der Waals surface area contributed by atoms with Crippen LogP contribution in [0.3, 0.4) is 0 Å². The molecule has 0 atom stereocenters. The van der Waals surface area contributed by atoms with E-state index in [4.69, 9.17) is 16.7 Å². The maximum Gasteiger partial charge on any atom is 0.335 e. The Hall–Kier alpha value is -2.33. The molecular formula is C14H10ClNO3. The maximum atomic E-state index is 11.9. The van der Waals surface area contributed by atoms with E-state index in [9.17, 15) is 9.59 Å². The number of anilines is 1. The highest BCUT2D eigenvalue weighted by molar-refractivity contribution is 6.30. The SMILES string of the molecule is O=C(O)c1cccc(NC(=O)c2ccc(Cl)cc2)c1. The Morgan fingerprint density at radius 2 is 1.68 bits per heavy atom. The van der Waals surface area contributed by atoms with Gasteiger partial charge in [-0.05, 0) is 42.5 Å². The van der Waals surface area contributed by atoms with Gasteiger partial charge in [0.25, 0.3) is 5.91 Å². The van der Waals surface area contributed by atoms with Crippen LogP contribution in [0, 0.1) is 0 Å². The minimum atomic E-state index is -1.04. The second-order valence-electron chi connectivity index (χ2n) is 3.85. The number of benzene rings is 2. The number of carboxylic acids is 1. The van der Waals surface area contributed by atoms with Crippen LogP contribution in [0.2, 0.25) is 5.02 Å². The fraction of sp³-hybridized carbons (Fsp3) is 0. The van der Waals surface area contributed by atoms with E-state index in [1.165, 1.54) is 12.1 Å². The summed E-state index contributed by atoms with van der Waals surface area (Å²) in [5.74, 6) is -1.36. The molecule has 0 aliphatic carbocycles. The number of carbonyl (C=O) groups excluding carboxylic acids is 1. The zero-order chi connectivity index (χ0) is 13.8. The average Bonchev–Trinajstić information content (AvgIpc) is 2.39. The van der Waals surface area contributed by atoms with E-state index in [2.05, 4.69) is 5.32 Å². The third-order valence-electron chi connectivity index (χ3n) is 2.47. The summed E-state index contributed by atoms with van der Waals surface area (Å²) in [6.07, 6.45) is 0. The minimum Gasteiger partial charge on any atom is -0.478 e. The van der Waals surface area contributed by atoms with Gasteiger partial charge in [0.1, 0.15) is 0 Å². The number of hydrogen-bond acceptors (Lipinski definition) is 2. The average molecular weight is 276 g/mol. The lowest BCUT2D eigenvalue weighted by Crippen LogP contribution is -2.12. The fourth-order valence-electron chi connectivity index (χ4n) is 1.53. The van der Waals surface area contributed by atoms with Gasteiger partial charge in [0.2, 0.25) is 0 Å². The lowest BCUT2D eigenvalue weighted by molar-refractivity contribution is 0.0696. The van der Waals surface area contributed by atoms with E-state index in [1.54, 1.807) is 36.4 Å².